The van der Waals surface area contributed by atoms with Gasteiger partial charge in [0.05, 0.1) is 31.0 Å². The fraction of sp³-hybridized carbons (Fsp3) is 0.0769. The molecule has 1 amide bonds. The van der Waals surface area contributed by atoms with Crippen molar-refractivity contribution in [1.29, 1.82) is 5.26 Å². The Kier molecular flexibility index (Phi) is 7.76. The van der Waals surface area contributed by atoms with Crippen molar-refractivity contribution in [2.24, 2.45) is 0 Å². The highest BCUT2D eigenvalue weighted by molar-refractivity contribution is 6.12. The number of nitrogens with zero attached hydrogens (tertiary/aromatic N) is 1. The Morgan fingerprint density at radius 1 is 0.882 bits per heavy atom. The fourth-order valence-electron chi connectivity index (χ4n) is 2.98. The highest BCUT2D eigenvalue weighted by Gasteiger charge is 2.17. The molecule has 0 unspecified atom stereocenters. The molecular formula is C26H20N2O6. The quantitative estimate of drug-likeness (QED) is 0.245. The Hall–Kier alpha value is -4.90. The molecule has 3 aromatic carbocycles. The lowest BCUT2D eigenvalue weighted by atomic mass is 10.1. The van der Waals surface area contributed by atoms with Gasteiger partial charge in [-0.15, -0.1) is 0 Å². The Labute approximate surface area is 196 Å². The van der Waals surface area contributed by atoms with Gasteiger partial charge < -0.3 is 19.5 Å². The summed E-state index contributed by atoms with van der Waals surface area (Å²) in [6, 6.07) is 21.2. The number of nitriles is 1. The van der Waals surface area contributed by atoms with Crippen LogP contribution in [0.1, 0.15) is 26.3 Å². The number of carbonyl (C=O) groups excluding carboxylic acids is 3. The molecule has 0 aliphatic heterocycles. The van der Waals surface area contributed by atoms with E-state index >= 15 is 0 Å². The zero-order valence-electron chi connectivity index (χ0n) is 18.4. The van der Waals surface area contributed by atoms with Crippen LogP contribution in [0.15, 0.2) is 78.4 Å². The van der Waals surface area contributed by atoms with E-state index in [1.807, 2.05) is 6.07 Å². The van der Waals surface area contributed by atoms with Crippen LogP contribution in [-0.2, 0) is 9.53 Å². The van der Waals surface area contributed by atoms with Crippen LogP contribution in [0.2, 0.25) is 0 Å². The van der Waals surface area contributed by atoms with Crippen LogP contribution in [0.4, 0.5) is 5.69 Å². The zero-order valence-corrected chi connectivity index (χ0v) is 18.4. The van der Waals surface area contributed by atoms with Gasteiger partial charge in [-0.25, -0.2) is 9.59 Å². The number of hydrogen-bond acceptors (Lipinski definition) is 7. The number of ether oxygens (including phenoxy) is 3. The Balaban J connectivity index is 1.87. The monoisotopic (exact) mass is 456 g/mol. The molecule has 1 N–H and O–H groups in total. The average Bonchev–Trinajstić information content (AvgIpc) is 2.87. The number of anilines is 1. The van der Waals surface area contributed by atoms with Gasteiger partial charge in [0.2, 0.25) is 0 Å². The molecule has 0 aromatic heterocycles. The first-order chi connectivity index (χ1) is 16.5. The second-order valence-electron chi connectivity index (χ2n) is 6.83. The third-order valence-electron chi connectivity index (χ3n) is 4.66. The average molecular weight is 456 g/mol. The predicted molar refractivity (Wildman–Crippen MR) is 124 cm³/mol. The fourth-order valence-corrected chi connectivity index (χ4v) is 2.98. The van der Waals surface area contributed by atoms with Crippen LogP contribution >= 0.6 is 0 Å². The third kappa shape index (κ3) is 5.66. The van der Waals surface area contributed by atoms with Crippen LogP contribution in [-0.4, -0.2) is 32.1 Å². The smallest absolute Gasteiger partial charge is 0.343 e. The van der Waals surface area contributed by atoms with E-state index < -0.39 is 17.8 Å². The van der Waals surface area contributed by atoms with Gasteiger partial charge in [-0.1, -0.05) is 36.4 Å². The van der Waals surface area contributed by atoms with Crippen molar-refractivity contribution < 1.29 is 28.6 Å². The minimum absolute atomic E-state index is 0.124. The van der Waals surface area contributed by atoms with E-state index in [2.05, 4.69) is 5.32 Å². The Bertz CT molecular complexity index is 1290. The van der Waals surface area contributed by atoms with E-state index in [4.69, 9.17) is 14.2 Å². The third-order valence-corrected chi connectivity index (χ3v) is 4.66. The Morgan fingerprint density at radius 2 is 1.59 bits per heavy atom. The molecule has 0 radical (unpaired) electrons. The minimum atomic E-state index is -0.725. The van der Waals surface area contributed by atoms with Crippen molar-refractivity contribution in [3.63, 3.8) is 0 Å². The largest absolute Gasteiger partial charge is 0.493 e. The number of para-hydroxylation sites is 1. The summed E-state index contributed by atoms with van der Waals surface area (Å²) >= 11 is 0. The molecule has 0 saturated heterocycles. The predicted octanol–water partition coefficient (Wildman–Crippen LogP) is 4.25. The van der Waals surface area contributed by atoms with Crippen LogP contribution in [0.3, 0.4) is 0 Å². The summed E-state index contributed by atoms with van der Waals surface area (Å²) in [7, 11) is 2.66. The second kappa shape index (κ2) is 11.1. The SMILES string of the molecule is COC(=O)c1ccccc1NC(=O)C(C#N)=Cc1ccc(OC)c(OC(=O)c2ccccc2)c1. The number of rotatable bonds is 7. The normalized spacial score (nSPS) is 10.6. The van der Waals surface area contributed by atoms with Gasteiger partial charge in [0, 0.05) is 0 Å². The van der Waals surface area contributed by atoms with Gasteiger partial charge in [0.1, 0.15) is 11.6 Å². The number of methoxy groups -OCH3 is 2. The van der Waals surface area contributed by atoms with Gasteiger partial charge >= 0.3 is 11.9 Å². The molecule has 3 rings (SSSR count). The van der Waals surface area contributed by atoms with E-state index in [1.54, 1.807) is 54.6 Å². The maximum absolute atomic E-state index is 12.7. The van der Waals surface area contributed by atoms with E-state index in [0.717, 1.165) is 0 Å². The van der Waals surface area contributed by atoms with Crippen LogP contribution in [0.5, 0.6) is 11.5 Å². The Morgan fingerprint density at radius 3 is 2.26 bits per heavy atom. The van der Waals surface area contributed by atoms with Gasteiger partial charge in [0.15, 0.2) is 11.5 Å². The molecule has 8 nitrogen and oxygen atoms in total. The summed E-state index contributed by atoms with van der Waals surface area (Å²) in [5.74, 6) is -1.51. The molecule has 0 saturated carbocycles. The van der Waals surface area contributed by atoms with E-state index in [9.17, 15) is 19.6 Å². The first-order valence-corrected chi connectivity index (χ1v) is 10.0. The minimum Gasteiger partial charge on any atom is -0.493 e. The van der Waals surface area contributed by atoms with Gasteiger partial charge in [-0.05, 0) is 48.0 Å². The number of amides is 1. The highest BCUT2D eigenvalue weighted by atomic mass is 16.6. The second-order valence-corrected chi connectivity index (χ2v) is 6.83. The topological polar surface area (TPSA) is 115 Å². The van der Waals surface area contributed by atoms with Gasteiger partial charge in [0.25, 0.3) is 5.91 Å². The van der Waals surface area contributed by atoms with E-state index in [-0.39, 0.29) is 22.6 Å². The van der Waals surface area contributed by atoms with Crippen molar-refractivity contribution in [2.75, 3.05) is 19.5 Å². The number of hydrogen-bond donors (Lipinski definition) is 1. The summed E-state index contributed by atoms with van der Waals surface area (Å²) in [5, 5.41) is 12.1. The lowest BCUT2D eigenvalue weighted by Gasteiger charge is -2.11. The molecular weight excluding hydrogens is 436 g/mol. The molecule has 34 heavy (non-hydrogen) atoms. The van der Waals surface area contributed by atoms with E-state index in [0.29, 0.717) is 16.9 Å². The summed E-state index contributed by atoms with van der Waals surface area (Å²) in [6.07, 6.45) is 1.33. The summed E-state index contributed by atoms with van der Waals surface area (Å²) in [4.78, 5) is 37.1. The van der Waals surface area contributed by atoms with Crippen LogP contribution in [0.25, 0.3) is 6.08 Å². The molecule has 0 aliphatic carbocycles. The lowest BCUT2D eigenvalue weighted by Crippen LogP contribution is -2.16. The van der Waals surface area contributed by atoms with Crippen LogP contribution in [0, 0.1) is 11.3 Å². The maximum atomic E-state index is 12.7. The number of nitrogens with one attached hydrogen (secondary N) is 1. The van der Waals surface area contributed by atoms with E-state index in [1.165, 1.54) is 38.5 Å². The molecule has 170 valence electrons. The van der Waals surface area contributed by atoms with Crippen molar-refractivity contribution in [2.45, 2.75) is 0 Å². The van der Waals surface area contributed by atoms with Crippen molar-refractivity contribution in [3.05, 3.63) is 95.1 Å². The molecule has 0 atom stereocenters. The zero-order chi connectivity index (χ0) is 24.5. The summed E-state index contributed by atoms with van der Waals surface area (Å²) in [5.41, 5.74) is 0.893. The van der Waals surface area contributed by atoms with Crippen LogP contribution < -0.4 is 14.8 Å². The molecule has 0 fully saturated rings. The van der Waals surface area contributed by atoms with Crippen molar-refractivity contribution >= 4 is 29.6 Å². The maximum Gasteiger partial charge on any atom is 0.343 e. The van der Waals surface area contributed by atoms with Gasteiger partial charge in [-0.3, -0.25) is 4.79 Å². The molecule has 0 heterocycles. The lowest BCUT2D eigenvalue weighted by molar-refractivity contribution is -0.112. The highest BCUT2D eigenvalue weighted by Crippen LogP contribution is 2.30. The molecule has 0 spiro atoms. The molecule has 3 aromatic rings. The molecule has 8 heteroatoms. The van der Waals surface area contributed by atoms with Crippen molar-refractivity contribution in [1.82, 2.24) is 0 Å². The molecule has 0 aliphatic rings. The molecule has 0 bridgehead atoms. The van der Waals surface area contributed by atoms with Gasteiger partial charge in [-0.2, -0.15) is 5.26 Å². The first-order valence-electron chi connectivity index (χ1n) is 10.0. The summed E-state index contributed by atoms with van der Waals surface area (Å²) in [6.45, 7) is 0. The van der Waals surface area contributed by atoms with Crippen molar-refractivity contribution in [3.8, 4) is 17.6 Å². The number of carbonyl (C=O) groups is 3. The first kappa shape index (κ1) is 23.8. The number of esters is 2. The standard InChI is InChI=1S/C26H20N2O6/c1-32-22-13-12-17(15-23(22)34-25(30)18-8-4-3-5-9-18)14-19(16-27)24(29)28-21-11-7-6-10-20(21)26(31)33-2/h3-15H,1-2H3,(H,28,29). The summed E-state index contributed by atoms with van der Waals surface area (Å²) < 4.78 is 15.4. The number of benzene rings is 3.